The number of halogens is 1. The summed E-state index contributed by atoms with van der Waals surface area (Å²) in [5, 5.41) is 0.762. The van der Waals surface area contributed by atoms with Crippen molar-refractivity contribution in [3.05, 3.63) is 29.3 Å². The molecular formula is C16H23ClN2O. The maximum absolute atomic E-state index is 12.3. The Balaban J connectivity index is 1.94. The molecule has 2 rings (SSSR count). The Kier molecular flexibility index (Phi) is 5.30. The van der Waals surface area contributed by atoms with Gasteiger partial charge in [-0.05, 0) is 31.0 Å². The first-order valence-electron chi connectivity index (χ1n) is 7.45. The molecule has 20 heavy (non-hydrogen) atoms. The normalized spacial score (nSPS) is 15.8. The number of carbonyl (C=O) groups is 1. The standard InChI is InChI=1S/C16H23ClN2O/c1-3-13(4-2)16(20)19-10-8-18(9-11-19)15-7-5-6-14(17)12-15/h5-7,12-13H,3-4,8-11H2,1-2H3. The average Bonchev–Trinajstić information content (AvgIpc) is 2.48. The van der Waals surface area contributed by atoms with E-state index >= 15 is 0 Å². The van der Waals surface area contributed by atoms with Crippen LogP contribution in [0.1, 0.15) is 26.7 Å². The molecule has 0 unspecified atom stereocenters. The molecule has 1 amide bonds. The van der Waals surface area contributed by atoms with Crippen LogP contribution in [0, 0.1) is 5.92 Å². The molecular weight excluding hydrogens is 272 g/mol. The molecule has 1 aromatic carbocycles. The molecule has 1 saturated heterocycles. The van der Waals surface area contributed by atoms with E-state index < -0.39 is 0 Å². The second kappa shape index (κ2) is 6.98. The molecule has 3 nitrogen and oxygen atoms in total. The van der Waals surface area contributed by atoms with Gasteiger partial charge in [0.05, 0.1) is 0 Å². The van der Waals surface area contributed by atoms with Gasteiger partial charge in [-0.3, -0.25) is 4.79 Å². The lowest BCUT2D eigenvalue weighted by Crippen LogP contribution is -2.50. The number of benzene rings is 1. The summed E-state index contributed by atoms with van der Waals surface area (Å²) in [6.07, 6.45) is 1.87. The molecule has 1 heterocycles. The van der Waals surface area contributed by atoms with Gasteiger partial charge in [0, 0.05) is 42.8 Å². The molecule has 110 valence electrons. The number of anilines is 1. The van der Waals surface area contributed by atoms with Crippen LogP contribution in [0.25, 0.3) is 0 Å². The Bertz CT molecular complexity index is 452. The first-order valence-corrected chi connectivity index (χ1v) is 7.82. The highest BCUT2D eigenvalue weighted by molar-refractivity contribution is 6.30. The van der Waals surface area contributed by atoms with E-state index in [1.807, 2.05) is 23.1 Å². The molecule has 0 aromatic heterocycles. The molecule has 0 saturated carbocycles. The van der Waals surface area contributed by atoms with Crippen LogP contribution in [-0.2, 0) is 4.79 Å². The number of rotatable bonds is 4. The lowest BCUT2D eigenvalue weighted by molar-refractivity contribution is -0.136. The molecule has 0 bridgehead atoms. The Hall–Kier alpha value is -1.22. The summed E-state index contributed by atoms with van der Waals surface area (Å²) >= 11 is 6.03. The minimum Gasteiger partial charge on any atom is -0.368 e. The van der Waals surface area contributed by atoms with Crippen molar-refractivity contribution in [3.8, 4) is 0 Å². The molecule has 4 heteroatoms. The lowest BCUT2D eigenvalue weighted by Gasteiger charge is -2.37. The van der Waals surface area contributed by atoms with Crippen molar-refractivity contribution in [2.75, 3.05) is 31.1 Å². The summed E-state index contributed by atoms with van der Waals surface area (Å²) < 4.78 is 0. The molecule has 0 atom stereocenters. The van der Waals surface area contributed by atoms with E-state index in [0.29, 0.717) is 5.91 Å². The van der Waals surface area contributed by atoms with Gasteiger partial charge in [0.15, 0.2) is 0 Å². The summed E-state index contributed by atoms with van der Waals surface area (Å²) in [5.74, 6) is 0.508. The Morgan fingerprint density at radius 1 is 1.20 bits per heavy atom. The summed E-state index contributed by atoms with van der Waals surface area (Å²) in [7, 11) is 0. The molecule has 1 fully saturated rings. The van der Waals surface area contributed by atoms with Gasteiger partial charge in [-0.25, -0.2) is 0 Å². The van der Waals surface area contributed by atoms with E-state index in [4.69, 9.17) is 11.6 Å². The number of hydrogen-bond acceptors (Lipinski definition) is 2. The van der Waals surface area contributed by atoms with E-state index in [1.54, 1.807) is 0 Å². The Morgan fingerprint density at radius 2 is 1.85 bits per heavy atom. The van der Waals surface area contributed by atoms with Crippen molar-refractivity contribution in [3.63, 3.8) is 0 Å². The van der Waals surface area contributed by atoms with E-state index in [9.17, 15) is 4.79 Å². The van der Waals surface area contributed by atoms with Gasteiger partial charge in [0.25, 0.3) is 0 Å². The smallest absolute Gasteiger partial charge is 0.225 e. The Morgan fingerprint density at radius 3 is 2.40 bits per heavy atom. The summed E-state index contributed by atoms with van der Waals surface area (Å²) in [6.45, 7) is 7.56. The predicted octanol–water partition coefficient (Wildman–Crippen LogP) is 3.42. The molecule has 1 aliphatic rings. The fourth-order valence-corrected chi connectivity index (χ4v) is 2.94. The monoisotopic (exact) mass is 294 g/mol. The van der Waals surface area contributed by atoms with Crippen molar-refractivity contribution < 1.29 is 4.79 Å². The quantitative estimate of drug-likeness (QED) is 0.849. The molecule has 0 aliphatic carbocycles. The topological polar surface area (TPSA) is 23.6 Å². The van der Waals surface area contributed by atoms with Crippen LogP contribution in [0.15, 0.2) is 24.3 Å². The van der Waals surface area contributed by atoms with Gasteiger partial charge >= 0.3 is 0 Å². The fraction of sp³-hybridized carbons (Fsp3) is 0.562. The first kappa shape index (κ1) is 15.2. The number of nitrogens with zero attached hydrogens (tertiary/aromatic N) is 2. The molecule has 1 aromatic rings. The van der Waals surface area contributed by atoms with Crippen LogP contribution in [0.3, 0.4) is 0 Å². The second-order valence-electron chi connectivity index (χ2n) is 5.31. The second-order valence-corrected chi connectivity index (χ2v) is 5.74. The van der Waals surface area contributed by atoms with Gasteiger partial charge in [-0.15, -0.1) is 0 Å². The molecule has 1 aliphatic heterocycles. The zero-order chi connectivity index (χ0) is 14.5. The van der Waals surface area contributed by atoms with Crippen molar-refractivity contribution in [2.24, 2.45) is 5.92 Å². The largest absolute Gasteiger partial charge is 0.368 e. The lowest BCUT2D eigenvalue weighted by atomic mass is 10.0. The van der Waals surface area contributed by atoms with Crippen LogP contribution in [-0.4, -0.2) is 37.0 Å². The van der Waals surface area contributed by atoms with Crippen LogP contribution in [0.4, 0.5) is 5.69 Å². The highest BCUT2D eigenvalue weighted by atomic mass is 35.5. The third-order valence-electron chi connectivity index (χ3n) is 4.10. The highest BCUT2D eigenvalue weighted by Crippen LogP contribution is 2.21. The molecule has 0 spiro atoms. The van der Waals surface area contributed by atoms with Crippen molar-refractivity contribution in [2.45, 2.75) is 26.7 Å². The zero-order valence-corrected chi connectivity index (χ0v) is 13.1. The van der Waals surface area contributed by atoms with Crippen molar-refractivity contribution in [1.29, 1.82) is 0 Å². The van der Waals surface area contributed by atoms with Gasteiger partial charge in [0.2, 0.25) is 5.91 Å². The van der Waals surface area contributed by atoms with Crippen LogP contribution in [0.5, 0.6) is 0 Å². The van der Waals surface area contributed by atoms with E-state index in [0.717, 1.165) is 49.7 Å². The van der Waals surface area contributed by atoms with E-state index in [2.05, 4.69) is 24.8 Å². The number of amides is 1. The van der Waals surface area contributed by atoms with Crippen LogP contribution in [0.2, 0.25) is 5.02 Å². The van der Waals surface area contributed by atoms with Gasteiger partial charge < -0.3 is 9.80 Å². The maximum atomic E-state index is 12.3. The minimum atomic E-state index is 0.188. The minimum absolute atomic E-state index is 0.188. The van der Waals surface area contributed by atoms with Crippen LogP contribution >= 0.6 is 11.6 Å². The zero-order valence-electron chi connectivity index (χ0n) is 12.3. The maximum Gasteiger partial charge on any atom is 0.225 e. The third-order valence-corrected chi connectivity index (χ3v) is 4.33. The van der Waals surface area contributed by atoms with E-state index in [-0.39, 0.29) is 5.92 Å². The van der Waals surface area contributed by atoms with Crippen molar-refractivity contribution >= 4 is 23.2 Å². The van der Waals surface area contributed by atoms with Crippen molar-refractivity contribution in [1.82, 2.24) is 4.90 Å². The number of piperazine rings is 1. The number of carbonyl (C=O) groups excluding carboxylic acids is 1. The average molecular weight is 295 g/mol. The number of hydrogen-bond donors (Lipinski definition) is 0. The Labute approximate surface area is 126 Å². The fourth-order valence-electron chi connectivity index (χ4n) is 2.75. The van der Waals surface area contributed by atoms with Gasteiger partial charge in [0.1, 0.15) is 0 Å². The van der Waals surface area contributed by atoms with Gasteiger partial charge in [-0.1, -0.05) is 31.5 Å². The third kappa shape index (κ3) is 3.45. The molecule has 0 radical (unpaired) electrons. The first-order chi connectivity index (χ1) is 9.65. The molecule has 0 N–H and O–H groups in total. The van der Waals surface area contributed by atoms with Gasteiger partial charge in [-0.2, -0.15) is 0 Å². The summed E-state index contributed by atoms with van der Waals surface area (Å²) in [4.78, 5) is 16.7. The van der Waals surface area contributed by atoms with Crippen LogP contribution < -0.4 is 4.90 Å². The highest BCUT2D eigenvalue weighted by Gasteiger charge is 2.25. The predicted molar refractivity (Wildman–Crippen MR) is 84.3 cm³/mol. The summed E-state index contributed by atoms with van der Waals surface area (Å²) in [5.41, 5.74) is 1.15. The summed E-state index contributed by atoms with van der Waals surface area (Å²) in [6, 6.07) is 7.92. The SMILES string of the molecule is CCC(CC)C(=O)N1CCN(c2cccc(Cl)c2)CC1. The van der Waals surface area contributed by atoms with E-state index in [1.165, 1.54) is 0 Å².